The molecule has 2 aliphatic rings. The monoisotopic (exact) mass is 518 g/mol. The maximum absolute atomic E-state index is 5.39. The van der Waals surface area contributed by atoms with Gasteiger partial charge in [0.05, 0.1) is 0 Å². The number of halogens is 1. The van der Waals surface area contributed by atoms with E-state index in [1.807, 2.05) is 18.5 Å². The fraction of sp³-hybridized carbons (Fsp3) is 0.857. The summed E-state index contributed by atoms with van der Waals surface area (Å²) in [7, 11) is 3.80. The van der Waals surface area contributed by atoms with Crippen LogP contribution in [0.1, 0.15) is 75.9 Å². The van der Waals surface area contributed by atoms with Gasteiger partial charge in [-0.3, -0.25) is 0 Å². The third kappa shape index (κ3) is 7.08. The van der Waals surface area contributed by atoms with Crippen LogP contribution in [0.2, 0.25) is 0 Å². The first-order chi connectivity index (χ1) is 13.6. The second-order valence-corrected chi connectivity index (χ2v) is 8.67. The predicted molar refractivity (Wildman–Crippen MR) is 128 cm³/mol. The Labute approximate surface area is 192 Å². The van der Waals surface area contributed by atoms with Gasteiger partial charge in [0.1, 0.15) is 12.4 Å². The first-order valence-electron chi connectivity index (χ1n) is 11.0. The number of aromatic nitrogens is 3. The highest BCUT2D eigenvalue weighted by Gasteiger charge is 2.33. The van der Waals surface area contributed by atoms with Gasteiger partial charge in [-0.05, 0) is 44.4 Å². The van der Waals surface area contributed by atoms with Crippen molar-refractivity contribution in [1.82, 2.24) is 25.4 Å². The molecule has 0 spiro atoms. The molecule has 0 amide bonds. The molecular formula is C21H39IN6O. The van der Waals surface area contributed by atoms with Gasteiger partial charge in [0.15, 0.2) is 11.8 Å². The van der Waals surface area contributed by atoms with E-state index in [1.165, 1.54) is 57.8 Å². The van der Waals surface area contributed by atoms with Crippen molar-refractivity contribution in [1.29, 1.82) is 0 Å². The number of rotatable bonds is 8. The molecule has 1 aromatic heterocycles. The Morgan fingerprint density at radius 3 is 2.52 bits per heavy atom. The van der Waals surface area contributed by atoms with E-state index in [0.717, 1.165) is 37.2 Å². The fourth-order valence-corrected chi connectivity index (χ4v) is 4.56. The Kier molecular flexibility index (Phi) is 10.1. The van der Waals surface area contributed by atoms with Crippen molar-refractivity contribution in [3.63, 3.8) is 0 Å². The minimum atomic E-state index is 0. The molecule has 0 radical (unpaired) electrons. The largest absolute Gasteiger partial charge is 0.385 e. The lowest BCUT2D eigenvalue weighted by Gasteiger charge is -2.31. The molecule has 2 saturated carbocycles. The Morgan fingerprint density at radius 2 is 1.90 bits per heavy atom. The molecule has 166 valence electrons. The molecule has 1 heterocycles. The predicted octanol–water partition coefficient (Wildman–Crippen LogP) is 3.71. The van der Waals surface area contributed by atoms with E-state index in [9.17, 15) is 0 Å². The first-order valence-corrected chi connectivity index (χ1v) is 11.0. The maximum atomic E-state index is 5.39. The standard InChI is InChI=1S/C21H38N6O.HI/c1-17-25-26-19(27(17)2)15-22-20(24-18-9-5-4-6-10-18)23-16-21(13-14-28-3)11-7-8-12-21;/h18H,4-16H2,1-3H3,(H2,22,23,24);1H. The van der Waals surface area contributed by atoms with Crippen LogP contribution in [0.4, 0.5) is 0 Å². The zero-order valence-corrected chi connectivity index (χ0v) is 20.7. The molecule has 2 fully saturated rings. The smallest absolute Gasteiger partial charge is 0.191 e. The van der Waals surface area contributed by atoms with Gasteiger partial charge in [0, 0.05) is 33.4 Å². The topological polar surface area (TPSA) is 76.4 Å². The zero-order valence-electron chi connectivity index (χ0n) is 18.4. The molecule has 0 saturated heterocycles. The summed E-state index contributed by atoms with van der Waals surface area (Å²) in [4.78, 5) is 4.87. The molecule has 7 nitrogen and oxygen atoms in total. The van der Waals surface area contributed by atoms with Crippen LogP contribution in [0, 0.1) is 12.3 Å². The highest BCUT2D eigenvalue weighted by atomic mass is 127. The number of methoxy groups -OCH3 is 1. The van der Waals surface area contributed by atoms with Crippen LogP contribution >= 0.6 is 24.0 Å². The summed E-state index contributed by atoms with van der Waals surface area (Å²) in [5.74, 6) is 2.75. The number of aliphatic imine (C=N–C) groups is 1. The quantitative estimate of drug-likeness (QED) is 0.312. The summed E-state index contributed by atoms with van der Waals surface area (Å²) in [6.07, 6.45) is 12.8. The van der Waals surface area contributed by atoms with Gasteiger partial charge in [-0.1, -0.05) is 32.1 Å². The van der Waals surface area contributed by atoms with E-state index < -0.39 is 0 Å². The lowest BCUT2D eigenvalue weighted by molar-refractivity contribution is 0.138. The van der Waals surface area contributed by atoms with E-state index in [1.54, 1.807) is 7.11 Å². The van der Waals surface area contributed by atoms with Crippen LogP contribution in [0.3, 0.4) is 0 Å². The lowest BCUT2D eigenvalue weighted by Crippen LogP contribution is -2.47. The van der Waals surface area contributed by atoms with Crippen molar-refractivity contribution < 1.29 is 4.74 Å². The fourth-order valence-electron chi connectivity index (χ4n) is 4.56. The highest BCUT2D eigenvalue weighted by Crippen LogP contribution is 2.40. The third-order valence-corrected chi connectivity index (χ3v) is 6.64. The Bertz CT molecular complexity index is 635. The summed E-state index contributed by atoms with van der Waals surface area (Å²) in [6.45, 7) is 4.32. The number of hydrogen-bond donors (Lipinski definition) is 2. The second-order valence-electron chi connectivity index (χ2n) is 8.67. The Hall–Kier alpha value is -0.900. The zero-order chi connectivity index (χ0) is 19.8. The van der Waals surface area contributed by atoms with Crippen LogP contribution < -0.4 is 10.6 Å². The molecule has 0 aliphatic heterocycles. The van der Waals surface area contributed by atoms with Gasteiger partial charge in [0.25, 0.3) is 0 Å². The molecule has 3 rings (SSSR count). The number of nitrogens with one attached hydrogen (secondary N) is 2. The summed E-state index contributed by atoms with van der Waals surface area (Å²) >= 11 is 0. The first kappa shape index (κ1) is 24.4. The number of hydrogen-bond acceptors (Lipinski definition) is 4. The molecular weight excluding hydrogens is 479 g/mol. The van der Waals surface area contributed by atoms with Crippen molar-refractivity contribution in [2.75, 3.05) is 20.3 Å². The summed E-state index contributed by atoms with van der Waals surface area (Å²) in [5.41, 5.74) is 0.340. The second kappa shape index (κ2) is 12.1. The molecule has 29 heavy (non-hydrogen) atoms. The maximum Gasteiger partial charge on any atom is 0.191 e. The van der Waals surface area contributed by atoms with Gasteiger partial charge in [-0.15, -0.1) is 34.2 Å². The van der Waals surface area contributed by atoms with Crippen LogP contribution in [-0.4, -0.2) is 47.0 Å². The minimum absolute atomic E-state index is 0. The van der Waals surface area contributed by atoms with Gasteiger partial charge in [0.2, 0.25) is 0 Å². The molecule has 1 aromatic rings. The Balaban J connectivity index is 0.00000300. The van der Waals surface area contributed by atoms with Crippen LogP contribution in [0.25, 0.3) is 0 Å². The summed E-state index contributed by atoms with van der Waals surface area (Å²) in [5, 5.41) is 15.8. The summed E-state index contributed by atoms with van der Waals surface area (Å²) in [6, 6.07) is 0.528. The number of aryl methyl sites for hydroxylation is 1. The van der Waals surface area contributed by atoms with E-state index >= 15 is 0 Å². The van der Waals surface area contributed by atoms with Gasteiger partial charge in [-0.2, -0.15) is 0 Å². The molecule has 2 aliphatic carbocycles. The van der Waals surface area contributed by atoms with Crippen molar-refractivity contribution in [3.05, 3.63) is 11.6 Å². The van der Waals surface area contributed by atoms with Crippen molar-refractivity contribution in [2.24, 2.45) is 17.5 Å². The SMILES string of the molecule is COCCC1(CNC(=NCc2nnc(C)n2C)NC2CCCCC2)CCCC1.I. The summed E-state index contributed by atoms with van der Waals surface area (Å²) < 4.78 is 7.40. The highest BCUT2D eigenvalue weighted by molar-refractivity contribution is 14.0. The van der Waals surface area contributed by atoms with E-state index in [-0.39, 0.29) is 24.0 Å². The van der Waals surface area contributed by atoms with Crippen LogP contribution in [-0.2, 0) is 18.3 Å². The van der Waals surface area contributed by atoms with Crippen LogP contribution in [0.5, 0.6) is 0 Å². The normalized spacial score (nSPS) is 19.8. The van der Waals surface area contributed by atoms with Gasteiger partial charge < -0.3 is 19.9 Å². The molecule has 0 aromatic carbocycles. The third-order valence-electron chi connectivity index (χ3n) is 6.64. The Morgan fingerprint density at radius 1 is 1.17 bits per heavy atom. The average molecular weight is 518 g/mol. The number of nitrogens with zero attached hydrogens (tertiary/aromatic N) is 4. The minimum Gasteiger partial charge on any atom is -0.385 e. The molecule has 0 bridgehead atoms. The molecule has 2 N–H and O–H groups in total. The molecule has 0 unspecified atom stereocenters. The van der Waals surface area contributed by atoms with Crippen LogP contribution in [0.15, 0.2) is 4.99 Å². The van der Waals surface area contributed by atoms with Crippen molar-refractivity contribution in [3.8, 4) is 0 Å². The van der Waals surface area contributed by atoms with Crippen molar-refractivity contribution >= 4 is 29.9 Å². The van der Waals surface area contributed by atoms with Gasteiger partial charge >= 0.3 is 0 Å². The van der Waals surface area contributed by atoms with E-state index in [4.69, 9.17) is 9.73 Å². The number of guanidine groups is 1. The molecule has 0 atom stereocenters. The average Bonchev–Trinajstić information content (AvgIpc) is 3.31. The van der Waals surface area contributed by atoms with E-state index in [0.29, 0.717) is 18.0 Å². The molecule has 8 heteroatoms. The van der Waals surface area contributed by atoms with Crippen molar-refractivity contribution in [2.45, 2.75) is 83.7 Å². The van der Waals surface area contributed by atoms with Gasteiger partial charge in [-0.25, -0.2) is 4.99 Å². The number of ether oxygens (including phenoxy) is 1. The lowest BCUT2D eigenvalue weighted by atomic mass is 9.83. The van der Waals surface area contributed by atoms with E-state index in [2.05, 4.69) is 20.8 Å².